The Hall–Kier alpha value is -1.35. The van der Waals surface area contributed by atoms with Crippen LogP contribution in [0, 0.1) is 11.8 Å². The van der Waals surface area contributed by atoms with Gasteiger partial charge in [-0.25, -0.2) is 0 Å². The van der Waals surface area contributed by atoms with Crippen LogP contribution in [0.4, 0.5) is 5.69 Å². The molecule has 0 heterocycles. The van der Waals surface area contributed by atoms with Crippen LogP contribution in [0.25, 0.3) is 0 Å². The first-order valence-corrected chi connectivity index (χ1v) is 7.69. The Labute approximate surface area is 121 Å². The summed E-state index contributed by atoms with van der Waals surface area (Å²) in [6.45, 7) is 2.18. The number of carbonyl (C=O) groups excluding carboxylic acids is 1. The average Bonchev–Trinajstić information content (AvgIpc) is 2.94. The van der Waals surface area contributed by atoms with E-state index in [2.05, 4.69) is 5.32 Å². The summed E-state index contributed by atoms with van der Waals surface area (Å²) in [5, 5.41) is 11.9. The molecular weight excluding hydrogens is 250 g/mol. The molecule has 1 aromatic carbocycles. The van der Waals surface area contributed by atoms with Gasteiger partial charge in [-0.3, -0.25) is 4.79 Å². The Morgan fingerprint density at radius 2 is 1.95 bits per heavy atom. The Kier molecular flexibility index (Phi) is 5.60. The van der Waals surface area contributed by atoms with E-state index in [4.69, 9.17) is 5.11 Å². The number of hydrogen-bond donors (Lipinski definition) is 2. The predicted octanol–water partition coefficient (Wildman–Crippen LogP) is 3.38. The van der Waals surface area contributed by atoms with Crippen LogP contribution in [0.2, 0.25) is 0 Å². The third kappa shape index (κ3) is 4.34. The number of hydrogen-bond acceptors (Lipinski definition) is 2. The van der Waals surface area contributed by atoms with E-state index in [0.717, 1.165) is 23.6 Å². The molecule has 1 atom stereocenters. The third-order valence-electron chi connectivity index (χ3n) is 4.23. The monoisotopic (exact) mass is 275 g/mol. The number of aliphatic hydroxyl groups excluding tert-OH is 1. The van der Waals surface area contributed by atoms with E-state index in [-0.39, 0.29) is 18.4 Å². The zero-order valence-electron chi connectivity index (χ0n) is 12.3. The summed E-state index contributed by atoms with van der Waals surface area (Å²) in [6.07, 6.45) is 6.89. The van der Waals surface area contributed by atoms with E-state index in [0.29, 0.717) is 6.42 Å². The molecule has 0 radical (unpaired) electrons. The smallest absolute Gasteiger partial charge is 0.227 e. The number of aliphatic hydroxyl groups is 1. The molecule has 110 valence electrons. The van der Waals surface area contributed by atoms with Gasteiger partial charge in [-0.15, -0.1) is 0 Å². The van der Waals surface area contributed by atoms with Gasteiger partial charge in [0.2, 0.25) is 5.91 Å². The van der Waals surface area contributed by atoms with Gasteiger partial charge < -0.3 is 10.4 Å². The normalized spacial score (nSPS) is 17.1. The number of carbonyl (C=O) groups is 1. The van der Waals surface area contributed by atoms with Crippen molar-refractivity contribution in [2.45, 2.75) is 45.4 Å². The van der Waals surface area contributed by atoms with Crippen LogP contribution < -0.4 is 5.32 Å². The topological polar surface area (TPSA) is 49.3 Å². The number of benzene rings is 1. The lowest BCUT2D eigenvalue weighted by molar-refractivity contribution is -0.119. The van der Waals surface area contributed by atoms with E-state index < -0.39 is 0 Å². The second kappa shape index (κ2) is 7.44. The van der Waals surface area contributed by atoms with Crippen molar-refractivity contribution in [3.8, 4) is 0 Å². The minimum atomic E-state index is 0.0789. The van der Waals surface area contributed by atoms with Gasteiger partial charge in [-0.05, 0) is 36.5 Å². The van der Waals surface area contributed by atoms with Crippen molar-refractivity contribution in [2.75, 3.05) is 11.9 Å². The van der Waals surface area contributed by atoms with Gasteiger partial charge in [-0.2, -0.15) is 0 Å². The molecule has 0 aromatic heterocycles. The van der Waals surface area contributed by atoms with Crippen molar-refractivity contribution in [1.82, 2.24) is 0 Å². The van der Waals surface area contributed by atoms with Crippen molar-refractivity contribution in [3.05, 3.63) is 29.8 Å². The molecule has 2 rings (SSSR count). The number of anilines is 1. The van der Waals surface area contributed by atoms with Crippen molar-refractivity contribution in [2.24, 2.45) is 11.8 Å². The Balaban J connectivity index is 1.83. The summed E-state index contributed by atoms with van der Waals surface area (Å²) in [5.74, 6) is 0.935. The lowest BCUT2D eigenvalue weighted by Gasteiger charge is -2.16. The maximum absolute atomic E-state index is 12.2. The van der Waals surface area contributed by atoms with E-state index in [1.807, 2.05) is 31.2 Å². The Bertz CT molecular complexity index is 421. The number of rotatable bonds is 6. The predicted molar refractivity (Wildman–Crippen MR) is 81.6 cm³/mol. The van der Waals surface area contributed by atoms with Gasteiger partial charge in [-0.1, -0.05) is 44.7 Å². The van der Waals surface area contributed by atoms with Gasteiger partial charge in [0, 0.05) is 18.2 Å². The molecule has 2 N–H and O–H groups in total. The van der Waals surface area contributed by atoms with Gasteiger partial charge in [0.05, 0.1) is 0 Å². The fourth-order valence-corrected chi connectivity index (χ4v) is 3.00. The SMILES string of the molecule is CC(CC1CCCC1)C(=O)Nc1ccc(CCO)cc1. The molecule has 0 aliphatic heterocycles. The maximum Gasteiger partial charge on any atom is 0.227 e. The molecule has 1 amide bonds. The molecule has 1 fully saturated rings. The number of nitrogens with one attached hydrogen (secondary N) is 1. The van der Waals surface area contributed by atoms with E-state index in [1.165, 1.54) is 25.7 Å². The van der Waals surface area contributed by atoms with E-state index in [1.54, 1.807) is 0 Å². The third-order valence-corrected chi connectivity index (χ3v) is 4.23. The van der Waals surface area contributed by atoms with Crippen molar-refractivity contribution in [1.29, 1.82) is 0 Å². The quantitative estimate of drug-likeness (QED) is 0.836. The highest BCUT2D eigenvalue weighted by Crippen LogP contribution is 2.30. The zero-order chi connectivity index (χ0) is 14.4. The molecule has 3 nitrogen and oxygen atoms in total. The van der Waals surface area contributed by atoms with Gasteiger partial charge in [0.15, 0.2) is 0 Å². The standard InChI is InChI=1S/C17H25NO2/c1-13(12-15-4-2-3-5-15)17(20)18-16-8-6-14(7-9-16)10-11-19/h6-9,13,15,19H,2-5,10-12H2,1H3,(H,18,20). The average molecular weight is 275 g/mol. The molecule has 0 saturated heterocycles. The summed E-state index contributed by atoms with van der Waals surface area (Å²) in [5.41, 5.74) is 1.93. The second-order valence-corrected chi connectivity index (χ2v) is 5.95. The lowest BCUT2D eigenvalue weighted by Crippen LogP contribution is -2.22. The minimum absolute atomic E-state index is 0.0789. The summed E-state index contributed by atoms with van der Waals surface area (Å²) in [7, 11) is 0. The van der Waals surface area contributed by atoms with Crippen LogP contribution >= 0.6 is 0 Å². The molecule has 1 unspecified atom stereocenters. The van der Waals surface area contributed by atoms with Crippen LogP contribution in [-0.4, -0.2) is 17.6 Å². The molecule has 20 heavy (non-hydrogen) atoms. The number of amides is 1. The minimum Gasteiger partial charge on any atom is -0.396 e. The van der Waals surface area contributed by atoms with Crippen LogP contribution in [-0.2, 0) is 11.2 Å². The van der Waals surface area contributed by atoms with E-state index in [9.17, 15) is 4.79 Å². The van der Waals surface area contributed by atoms with E-state index >= 15 is 0 Å². The summed E-state index contributed by atoms with van der Waals surface area (Å²) < 4.78 is 0. The van der Waals surface area contributed by atoms with Crippen molar-refractivity contribution in [3.63, 3.8) is 0 Å². The molecule has 0 spiro atoms. The summed E-state index contributed by atoms with van der Waals surface area (Å²) >= 11 is 0. The molecular formula is C17H25NO2. The molecule has 3 heteroatoms. The summed E-state index contributed by atoms with van der Waals surface area (Å²) in [4.78, 5) is 12.2. The van der Waals surface area contributed by atoms with Crippen molar-refractivity contribution < 1.29 is 9.90 Å². The van der Waals surface area contributed by atoms with Crippen molar-refractivity contribution >= 4 is 11.6 Å². The van der Waals surface area contributed by atoms with Gasteiger partial charge >= 0.3 is 0 Å². The van der Waals surface area contributed by atoms with Crippen LogP contribution in [0.1, 0.15) is 44.6 Å². The summed E-state index contributed by atoms with van der Waals surface area (Å²) in [6, 6.07) is 7.72. The maximum atomic E-state index is 12.2. The molecule has 1 aromatic rings. The first-order chi connectivity index (χ1) is 9.69. The first-order valence-electron chi connectivity index (χ1n) is 7.69. The van der Waals surface area contributed by atoms with Crippen LogP contribution in [0.3, 0.4) is 0 Å². The van der Waals surface area contributed by atoms with Crippen LogP contribution in [0.5, 0.6) is 0 Å². The van der Waals surface area contributed by atoms with Crippen LogP contribution in [0.15, 0.2) is 24.3 Å². The second-order valence-electron chi connectivity index (χ2n) is 5.95. The fourth-order valence-electron chi connectivity index (χ4n) is 3.00. The zero-order valence-corrected chi connectivity index (χ0v) is 12.3. The molecule has 1 aliphatic rings. The first kappa shape index (κ1) is 15.0. The molecule has 1 aliphatic carbocycles. The highest BCUT2D eigenvalue weighted by Gasteiger charge is 2.21. The highest BCUT2D eigenvalue weighted by atomic mass is 16.2. The lowest BCUT2D eigenvalue weighted by atomic mass is 9.94. The highest BCUT2D eigenvalue weighted by molar-refractivity contribution is 5.92. The van der Waals surface area contributed by atoms with Gasteiger partial charge in [0.25, 0.3) is 0 Å². The van der Waals surface area contributed by atoms with Gasteiger partial charge in [0.1, 0.15) is 0 Å². The molecule has 0 bridgehead atoms. The fraction of sp³-hybridized carbons (Fsp3) is 0.588. The largest absolute Gasteiger partial charge is 0.396 e. The molecule has 1 saturated carbocycles. The Morgan fingerprint density at radius 1 is 1.30 bits per heavy atom. The Morgan fingerprint density at radius 3 is 2.55 bits per heavy atom.